The lowest BCUT2D eigenvalue weighted by Gasteiger charge is -2.26. The van der Waals surface area contributed by atoms with Gasteiger partial charge in [-0.1, -0.05) is 11.6 Å². The fourth-order valence-electron chi connectivity index (χ4n) is 4.92. The molecule has 1 aliphatic rings. The lowest BCUT2D eigenvalue weighted by atomic mass is 10.2. The number of benzene rings is 3. The number of aromatic nitrogens is 2. The topological polar surface area (TPSA) is 135 Å². The van der Waals surface area contributed by atoms with E-state index >= 15 is 4.39 Å². The number of amides is 1. The Morgan fingerprint density at radius 2 is 1.87 bits per heavy atom. The Hall–Kier alpha value is -4.89. The van der Waals surface area contributed by atoms with E-state index in [-0.39, 0.29) is 34.5 Å². The fourth-order valence-corrected chi connectivity index (χ4v) is 6.71. The molecule has 242 valence electrons. The van der Waals surface area contributed by atoms with Gasteiger partial charge in [0.25, 0.3) is 10.0 Å². The number of hydrogen-bond donors (Lipinski definition) is 2. The van der Waals surface area contributed by atoms with E-state index in [9.17, 15) is 17.6 Å². The van der Waals surface area contributed by atoms with E-state index in [4.69, 9.17) is 25.8 Å². The summed E-state index contributed by atoms with van der Waals surface area (Å²) in [6, 6.07) is 10.3. The molecule has 5 rings (SSSR count). The minimum absolute atomic E-state index is 0.0155. The van der Waals surface area contributed by atoms with Crippen LogP contribution in [0.25, 0.3) is 0 Å². The molecule has 0 saturated carbocycles. The van der Waals surface area contributed by atoms with Crippen molar-refractivity contribution in [1.82, 2.24) is 15.3 Å². The molecule has 1 atom stereocenters. The molecule has 4 aromatic rings. The first-order valence-electron chi connectivity index (χ1n) is 13.8. The summed E-state index contributed by atoms with van der Waals surface area (Å²) >= 11 is 6.56. The number of methoxy groups -OCH3 is 2. The number of rotatable bonds is 10. The van der Waals surface area contributed by atoms with Gasteiger partial charge in [0.15, 0.2) is 5.82 Å². The number of hydrogen-bond acceptors (Lipinski definition) is 10. The summed E-state index contributed by atoms with van der Waals surface area (Å²) in [5, 5.41) is 5.25. The van der Waals surface area contributed by atoms with Crippen LogP contribution in [-0.2, 0) is 14.8 Å². The minimum atomic E-state index is -4.73. The molecule has 0 bridgehead atoms. The van der Waals surface area contributed by atoms with E-state index in [1.165, 1.54) is 76.3 Å². The summed E-state index contributed by atoms with van der Waals surface area (Å²) in [6.07, 6.45) is 3.35. The average Bonchev–Trinajstić information content (AvgIpc) is 3.52. The molecule has 0 aliphatic carbocycles. The summed E-state index contributed by atoms with van der Waals surface area (Å²) in [4.78, 5) is 20.8. The van der Waals surface area contributed by atoms with Gasteiger partial charge in [-0.2, -0.15) is 0 Å². The Labute approximate surface area is 268 Å². The third-order valence-corrected chi connectivity index (χ3v) is 9.14. The molecule has 1 saturated heterocycles. The van der Waals surface area contributed by atoms with Crippen LogP contribution < -0.4 is 29.3 Å². The molecule has 2 N–H and O–H groups in total. The largest absolute Gasteiger partial charge is 0.497 e. The molecule has 1 unspecified atom stereocenters. The molecule has 0 radical (unpaired) electrons. The van der Waals surface area contributed by atoms with E-state index in [1.54, 1.807) is 0 Å². The molecule has 1 fully saturated rings. The Balaban J connectivity index is 1.51. The van der Waals surface area contributed by atoms with Crippen molar-refractivity contribution in [3.05, 3.63) is 83.8 Å². The van der Waals surface area contributed by atoms with Crippen LogP contribution in [0.5, 0.6) is 11.5 Å². The number of nitrogens with zero attached hydrogens (tertiary/aromatic N) is 4. The van der Waals surface area contributed by atoms with Crippen molar-refractivity contribution in [2.75, 3.05) is 48.9 Å². The lowest BCUT2D eigenvalue weighted by Crippen LogP contribution is -2.29. The molecular formula is C30H29ClF2N6O6S. The number of halogens is 3. The van der Waals surface area contributed by atoms with Crippen molar-refractivity contribution in [3.63, 3.8) is 0 Å². The first-order valence-corrected chi connectivity index (χ1v) is 15.6. The van der Waals surface area contributed by atoms with Gasteiger partial charge in [-0.15, -0.1) is 0 Å². The van der Waals surface area contributed by atoms with Crippen molar-refractivity contribution in [1.29, 1.82) is 0 Å². The average molecular weight is 675 g/mol. The highest BCUT2D eigenvalue weighted by Crippen LogP contribution is 2.42. The van der Waals surface area contributed by atoms with Crippen LogP contribution in [0.3, 0.4) is 0 Å². The summed E-state index contributed by atoms with van der Waals surface area (Å²) in [5.41, 5.74) is 0.817. The smallest absolute Gasteiger partial charge is 0.407 e. The zero-order chi connectivity index (χ0) is 33.0. The Kier molecular flexibility index (Phi) is 9.63. The van der Waals surface area contributed by atoms with Crippen LogP contribution in [0.4, 0.5) is 42.1 Å². The van der Waals surface area contributed by atoms with Crippen molar-refractivity contribution in [2.24, 2.45) is 0 Å². The van der Waals surface area contributed by atoms with Gasteiger partial charge in [0.05, 0.1) is 49.0 Å². The number of alkyl carbamates (subject to hydrolysis) is 1. The van der Waals surface area contributed by atoms with Crippen LogP contribution in [0.2, 0.25) is 5.02 Å². The maximum atomic E-state index is 15.9. The second kappa shape index (κ2) is 13.6. The predicted molar refractivity (Wildman–Crippen MR) is 168 cm³/mol. The zero-order valence-electron chi connectivity index (χ0n) is 24.8. The van der Waals surface area contributed by atoms with Crippen molar-refractivity contribution < 1.29 is 36.2 Å². The van der Waals surface area contributed by atoms with Crippen molar-refractivity contribution >= 4 is 56.3 Å². The highest BCUT2D eigenvalue weighted by molar-refractivity contribution is 7.93. The standard InChI is InChI=1S/C30H29ClF2N6O6S/c1-34-30(40)45-20-8-11-38(17-20)26-12-18(32)4-6-23(26)37-24-15-22(33)28(14-21(24)31)46(41,42)39(29-16-35-9-10-36-29)25-7-5-19(43-2)13-27(25)44-3/h4-7,9-10,12-16,20,37H,8,11,17H2,1-3H3,(H,34,40). The number of sulfonamides is 1. The molecule has 1 aromatic heterocycles. The number of anilines is 5. The van der Waals surface area contributed by atoms with Gasteiger partial charge in [-0.3, -0.25) is 4.98 Å². The fraction of sp³-hybridized carbons (Fsp3) is 0.233. The summed E-state index contributed by atoms with van der Waals surface area (Å²) in [5.74, 6) is -1.29. The summed E-state index contributed by atoms with van der Waals surface area (Å²) < 4.78 is 75.3. The lowest BCUT2D eigenvalue weighted by molar-refractivity contribution is 0.110. The first kappa shape index (κ1) is 32.5. The van der Waals surface area contributed by atoms with Crippen molar-refractivity contribution in [2.45, 2.75) is 17.4 Å². The quantitative estimate of drug-likeness (QED) is 0.218. The molecule has 2 heterocycles. The zero-order valence-corrected chi connectivity index (χ0v) is 26.4. The number of nitrogens with one attached hydrogen (secondary N) is 2. The van der Waals surface area contributed by atoms with Crippen LogP contribution in [-0.4, -0.2) is 64.9 Å². The van der Waals surface area contributed by atoms with Gasteiger partial charge in [0.1, 0.15) is 39.8 Å². The first-order chi connectivity index (χ1) is 22.0. The van der Waals surface area contributed by atoms with Gasteiger partial charge < -0.3 is 29.7 Å². The molecule has 16 heteroatoms. The van der Waals surface area contributed by atoms with Crippen LogP contribution >= 0.6 is 11.6 Å². The molecular weight excluding hydrogens is 646 g/mol. The second-order valence-corrected chi connectivity index (χ2v) is 12.1. The number of carbonyl (C=O) groups excluding carboxylic acids is 1. The number of carbonyl (C=O) groups is 1. The Bertz CT molecular complexity index is 1850. The Morgan fingerprint density at radius 1 is 1.07 bits per heavy atom. The molecule has 0 spiro atoms. The van der Waals surface area contributed by atoms with Gasteiger partial charge >= 0.3 is 6.09 Å². The third-order valence-electron chi connectivity index (χ3n) is 7.10. The van der Waals surface area contributed by atoms with Gasteiger partial charge in [0, 0.05) is 44.5 Å². The SMILES string of the molecule is CNC(=O)OC1CCN(c2cc(F)ccc2Nc2cc(F)c(S(=O)(=O)N(c3cnccn3)c3ccc(OC)cc3OC)cc2Cl)C1. The van der Waals surface area contributed by atoms with E-state index in [1.807, 2.05) is 4.90 Å². The van der Waals surface area contributed by atoms with Crippen LogP contribution in [0.15, 0.2) is 72.0 Å². The van der Waals surface area contributed by atoms with E-state index in [2.05, 4.69) is 20.6 Å². The monoisotopic (exact) mass is 674 g/mol. The Morgan fingerprint density at radius 3 is 2.57 bits per heavy atom. The molecule has 46 heavy (non-hydrogen) atoms. The molecule has 1 aliphatic heterocycles. The number of ether oxygens (including phenoxy) is 3. The molecule has 3 aromatic carbocycles. The van der Waals surface area contributed by atoms with Crippen molar-refractivity contribution in [3.8, 4) is 11.5 Å². The van der Waals surface area contributed by atoms with E-state index < -0.39 is 38.8 Å². The van der Waals surface area contributed by atoms with Gasteiger partial charge in [-0.25, -0.2) is 31.3 Å². The van der Waals surface area contributed by atoms with Crippen LogP contribution in [0.1, 0.15) is 6.42 Å². The maximum absolute atomic E-state index is 15.9. The highest BCUT2D eigenvalue weighted by Gasteiger charge is 2.34. The minimum Gasteiger partial charge on any atom is -0.497 e. The normalized spacial score (nSPS) is 14.5. The predicted octanol–water partition coefficient (Wildman–Crippen LogP) is 5.63. The van der Waals surface area contributed by atoms with E-state index in [0.717, 1.165) is 16.4 Å². The van der Waals surface area contributed by atoms with E-state index in [0.29, 0.717) is 30.1 Å². The summed E-state index contributed by atoms with van der Waals surface area (Å²) in [6.45, 7) is 0.740. The molecule has 12 nitrogen and oxygen atoms in total. The van der Waals surface area contributed by atoms with Gasteiger partial charge in [-0.05, 0) is 36.4 Å². The molecule has 1 amide bonds. The highest BCUT2D eigenvalue weighted by atomic mass is 35.5. The maximum Gasteiger partial charge on any atom is 0.407 e. The third kappa shape index (κ3) is 6.70. The van der Waals surface area contributed by atoms with Crippen LogP contribution in [0, 0.1) is 11.6 Å². The van der Waals surface area contributed by atoms with Gasteiger partial charge in [0.2, 0.25) is 0 Å². The summed E-state index contributed by atoms with van der Waals surface area (Å²) in [7, 11) is -0.491. The second-order valence-electron chi connectivity index (χ2n) is 9.93.